The molecule has 1 fully saturated rings. The van der Waals surface area contributed by atoms with Crippen LogP contribution in [0, 0.1) is 0 Å². The van der Waals surface area contributed by atoms with Gasteiger partial charge in [-0.3, -0.25) is 0 Å². The van der Waals surface area contributed by atoms with Crippen molar-refractivity contribution in [2.75, 3.05) is 24.3 Å². The van der Waals surface area contributed by atoms with Crippen LogP contribution >= 0.6 is 0 Å². The number of anilines is 2. The molecular weight excluding hydrogens is 244 g/mol. The molecule has 104 valence electrons. The summed E-state index contributed by atoms with van der Waals surface area (Å²) in [6.07, 6.45) is 3.74. The zero-order chi connectivity index (χ0) is 13.2. The summed E-state index contributed by atoms with van der Waals surface area (Å²) in [5, 5.41) is 13.3. The van der Waals surface area contributed by atoms with Crippen LogP contribution < -0.4 is 20.5 Å². The van der Waals surface area contributed by atoms with Gasteiger partial charge in [-0.05, 0) is 12.8 Å². The Balaban J connectivity index is 1.80. The number of hydrogen-bond acceptors (Lipinski definition) is 5. The van der Waals surface area contributed by atoms with Crippen molar-refractivity contribution in [1.29, 1.82) is 0 Å². The zero-order valence-corrected chi connectivity index (χ0v) is 10.9. The van der Waals surface area contributed by atoms with Crippen molar-refractivity contribution in [2.24, 2.45) is 0 Å². The van der Waals surface area contributed by atoms with E-state index in [1.54, 1.807) is 6.07 Å². The van der Waals surface area contributed by atoms with E-state index < -0.39 is 0 Å². The number of ether oxygens (including phenoxy) is 2. The van der Waals surface area contributed by atoms with Crippen LogP contribution in [0.15, 0.2) is 12.1 Å². The summed E-state index contributed by atoms with van der Waals surface area (Å²) in [5.41, 5.74) is 7.47. The first-order valence-electron chi connectivity index (χ1n) is 6.88. The van der Waals surface area contributed by atoms with E-state index in [0.29, 0.717) is 30.4 Å². The Hall–Kier alpha value is -1.62. The summed E-state index contributed by atoms with van der Waals surface area (Å²) < 4.78 is 11.0. The standard InChI is InChI=1S/C14H20N2O3/c15-9-7-13-14(19-6-5-18-13)8-11(9)16-10-3-1-2-4-12(10)17/h7-8,10,12,16-17H,1-6,15H2. The Morgan fingerprint density at radius 2 is 1.79 bits per heavy atom. The molecule has 2 atom stereocenters. The summed E-state index contributed by atoms with van der Waals surface area (Å²) >= 11 is 0. The first kappa shape index (κ1) is 12.4. The highest BCUT2D eigenvalue weighted by Crippen LogP contribution is 2.37. The minimum atomic E-state index is -0.304. The van der Waals surface area contributed by atoms with E-state index in [1.807, 2.05) is 6.07 Å². The molecule has 1 aromatic rings. The van der Waals surface area contributed by atoms with Gasteiger partial charge in [-0.25, -0.2) is 0 Å². The SMILES string of the molecule is Nc1cc2c(cc1NC1CCCCC1O)OCCO2. The third-order valence-electron chi connectivity index (χ3n) is 3.78. The van der Waals surface area contributed by atoms with Crippen LogP contribution in [-0.2, 0) is 0 Å². The number of rotatable bonds is 2. The highest BCUT2D eigenvalue weighted by molar-refractivity contribution is 5.72. The lowest BCUT2D eigenvalue weighted by molar-refractivity contribution is 0.116. The Labute approximate surface area is 112 Å². The summed E-state index contributed by atoms with van der Waals surface area (Å²) in [5.74, 6) is 1.41. The van der Waals surface area contributed by atoms with Gasteiger partial charge in [0.2, 0.25) is 0 Å². The van der Waals surface area contributed by atoms with Gasteiger partial charge in [-0.15, -0.1) is 0 Å². The molecule has 0 aromatic heterocycles. The van der Waals surface area contributed by atoms with Crippen LogP contribution in [0.1, 0.15) is 25.7 Å². The van der Waals surface area contributed by atoms with Gasteiger partial charge in [0.25, 0.3) is 0 Å². The molecule has 4 N–H and O–H groups in total. The molecule has 0 radical (unpaired) electrons. The molecule has 1 aliphatic carbocycles. The molecule has 0 saturated heterocycles. The lowest BCUT2D eigenvalue weighted by Crippen LogP contribution is -2.36. The van der Waals surface area contributed by atoms with Gasteiger partial charge in [0.05, 0.1) is 23.5 Å². The maximum atomic E-state index is 10.0. The summed E-state index contributed by atoms with van der Waals surface area (Å²) in [7, 11) is 0. The van der Waals surface area contributed by atoms with Gasteiger partial charge in [-0.2, -0.15) is 0 Å². The number of nitrogens with two attached hydrogens (primary N) is 1. The number of hydrogen-bond donors (Lipinski definition) is 3. The van der Waals surface area contributed by atoms with Crippen molar-refractivity contribution in [1.82, 2.24) is 0 Å². The van der Waals surface area contributed by atoms with E-state index in [-0.39, 0.29) is 12.1 Å². The summed E-state index contributed by atoms with van der Waals surface area (Å²) in [6, 6.07) is 3.72. The van der Waals surface area contributed by atoms with Gasteiger partial charge in [0, 0.05) is 12.1 Å². The number of aliphatic hydroxyl groups is 1. The second kappa shape index (κ2) is 5.17. The van der Waals surface area contributed by atoms with Gasteiger partial charge in [-0.1, -0.05) is 12.8 Å². The van der Waals surface area contributed by atoms with Gasteiger partial charge >= 0.3 is 0 Å². The number of fused-ring (bicyclic) bond motifs is 1. The second-order valence-electron chi connectivity index (χ2n) is 5.19. The lowest BCUT2D eigenvalue weighted by atomic mass is 9.92. The third-order valence-corrected chi connectivity index (χ3v) is 3.78. The fourth-order valence-corrected chi connectivity index (χ4v) is 2.71. The van der Waals surface area contributed by atoms with E-state index >= 15 is 0 Å². The number of nitrogens with one attached hydrogen (secondary N) is 1. The average molecular weight is 264 g/mol. The largest absolute Gasteiger partial charge is 0.486 e. The first-order valence-corrected chi connectivity index (χ1v) is 6.88. The fourth-order valence-electron chi connectivity index (χ4n) is 2.71. The molecular formula is C14H20N2O3. The van der Waals surface area contributed by atoms with Crippen LogP contribution in [0.3, 0.4) is 0 Å². The van der Waals surface area contributed by atoms with Crippen LogP contribution in [0.2, 0.25) is 0 Å². The minimum Gasteiger partial charge on any atom is -0.486 e. The van der Waals surface area contributed by atoms with Crippen LogP contribution in [0.4, 0.5) is 11.4 Å². The molecule has 5 heteroatoms. The second-order valence-corrected chi connectivity index (χ2v) is 5.19. The Morgan fingerprint density at radius 3 is 2.53 bits per heavy atom. The van der Waals surface area contributed by atoms with Crippen molar-refractivity contribution in [3.05, 3.63) is 12.1 Å². The molecule has 19 heavy (non-hydrogen) atoms. The highest BCUT2D eigenvalue weighted by Gasteiger charge is 2.24. The molecule has 0 spiro atoms. The number of benzene rings is 1. The average Bonchev–Trinajstić information content (AvgIpc) is 2.42. The molecule has 1 aromatic carbocycles. The van der Waals surface area contributed by atoms with Crippen LogP contribution in [0.5, 0.6) is 11.5 Å². The van der Waals surface area contributed by atoms with Gasteiger partial charge in [0.1, 0.15) is 13.2 Å². The van der Waals surface area contributed by atoms with Crippen molar-refractivity contribution in [3.63, 3.8) is 0 Å². The smallest absolute Gasteiger partial charge is 0.163 e. The Morgan fingerprint density at radius 1 is 1.11 bits per heavy atom. The zero-order valence-electron chi connectivity index (χ0n) is 10.9. The van der Waals surface area contributed by atoms with E-state index in [1.165, 1.54) is 0 Å². The first-order chi connectivity index (χ1) is 9.24. The Bertz CT molecular complexity index is 464. The van der Waals surface area contributed by atoms with Crippen LogP contribution in [0.25, 0.3) is 0 Å². The monoisotopic (exact) mass is 264 g/mol. The molecule has 5 nitrogen and oxygen atoms in total. The third kappa shape index (κ3) is 2.56. The minimum absolute atomic E-state index is 0.0682. The van der Waals surface area contributed by atoms with Crippen LogP contribution in [-0.4, -0.2) is 30.5 Å². The molecule has 2 aliphatic rings. The molecule has 1 saturated carbocycles. The quantitative estimate of drug-likeness (QED) is 0.709. The van der Waals surface area contributed by atoms with E-state index in [0.717, 1.165) is 31.4 Å². The number of nitrogen functional groups attached to an aromatic ring is 1. The van der Waals surface area contributed by atoms with Crippen molar-refractivity contribution in [3.8, 4) is 11.5 Å². The fraction of sp³-hybridized carbons (Fsp3) is 0.571. The predicted octanol–water partition coefficient (Wildman–Crippen LogP) is 1.76. The van der Waals surface area contributed by atoms with Crippen molar-refractivity contribution >= 4 is 11.4 Å². The van der Waals surface area contributed by atoms with Crippen molar-refractivity contribution < 1.29 is 14.6 Å². The lowest BCUT2D eigenvalue weighted by Gasteiger charge is -2.30. The molecule has 0 bridgehead atoms. The molecule has 2 unspecified atom stereocenters. The summed E-state index contributed by atoms with van der Waals surface area (Å²) in [4.78, 5) is 0. The van der Waals surface area contributed by atoms with E-state index in [2.05, 4.69) is 5.32 Å². The molecule has 1 aliphatic heterocycles. The molecule has 1 heterocycles. The van der Waals surface area contributed by atoms with Gasteiger partial charge in [0.15, 0.2) is 11.5 Å². The highest BCUT2D eigenvalue weighted by atomic mass is 16.6. The van der Waals surface area contributed by atoms with E-state index in [9.17, 15) is 5.11 Å². The van der Waals surface area contributed by atoms with E-state index in [4.69, 9.17) is 15.2 Å². The Kier molecular flexibility index (Phi) is 3.38. The number of aliphatic hydroxyl groups excluding tert-OH is 1. The molecule has 0 amide bonds. The molecule has 3 rings (SSSR count). The van der Waals surface area contributed by atoms with Crippen molar-refractivity contribution in [2.45, 2.75) is 37.8 Å². The summed E-state index contributed by atoms with van der Waals surface area (Å²) in [6.45, 7) is 1.11. The maximum absolute atomic E-state index is 10.0. The normalized spacial score (nSPS) is 25.9. The van der Waals surface area contributed by atoms with Gasteiger partial charge < -0.3 is 25.6 Å². The maximum Gasteiger partial charge on any atom is 0.163 e. The topological polar surface area (TPSA) is 76.7 Å². The predicted molar refractivity (Wildman–Crippen MR) is 73.7 cm³/mol.